The lowest BCUT2D eigenvalue weighted by atomic mass is 10.0. The number of rotatable bonds is 12. The molecule has 3 aromatic rings. The highest BCUT2D eigenvalue weighted by atomic mass is 35.5. The maximum atomic E-state index is 13.1. The van der Waals surface area contributed by atoms with Crippen molar-refractivity contribution in [3.8, 4) is 0 Å². The number of carbonyl (C=O) groups excluding carboxylic acids is 3. The lowest BCUT2D eigenvalue weighted by Gasteiger charge is -2.50. The Morgan fingerprint density at radius 3 is 2.90 bits per heavy atom. The number of aryl methyl sites for hydroxylation is 1. The number of hydrogen-bond acceptors (Lipinski definition) is 13. The molecule has 0 radical (unpaired) electrons. The number of fused-ring (bicyclic) bond motifs is 2. The quantitative estimate of drug-likeness (QED) is 0.0688. The number of hydrogen-bond donors (Lipinski definition) is 3. The first kappa shape index (κ1) is 31.1. The molecule has 224 valence electrons. The minimum absolute atomic E-state index is 0. The standard InChI is InChI=1S/C23H25FN10O5S2.ClH/c1-26-5-3-7-33-11-27-18-13(33)4-2-6-32(18)8-12-9-40-21-15(20(36)34(21)16(12)22(37)38)28-19(35)14(30-39-10-24)17-29-23(25)41-31-17;/h2,4,6,11,15,21,26H,3,5,7-10H2,1H3,(H3-,25,28,29,31,35,37,38);1H/b30-14+;/t15-,21-;/m1./s1. The molecule has 5 heterocycles. The van der Waals surface area contributed by atoms with Gasteiger partial charge in [0.15, 0.2) is 5.13 Å². The predicted molar refractivity (Wildman–Crippen MR) is 151 cm³/mol. The molecule has 2 amide bonds. The van der Waals surface area contributed by atoms with E-state index in [1.165, 1.54) is 11.8 Å². The average molecular weight is 641 g/mol. The number of imidazole rings is 1. The number of nitrogens with one attached hydrogen (secondary N) is 2. The van der Waals surface area contributed by atoms with Gasteiger partial charge in [0.05, 0.1) is 17.9 Å². The first-order chi connectivity index (χ1) is 19.8. The molecular weight excluding hydrogens is 615 g/mol. The summed E-state index contributed by atoms with van der Waals surface area (Å²) in [7, 11) is 1.89. The van der Waals surface area contributed by atoms with Crippen LogP contribution in [0.5, 0.6) is 0 Å². The number of carboxylic acids is 1. The molecule has 2 aliphatic rings. The number of alkyl halides is 1. The second-order valence-corrected chi connectivity index (χ2v) is 10.9. The first-order valence-corrected chi connectivity index (χ1v) is 14.2. The Hall–Kier alpha value is -3.87. The monoisotopic (exact) mass is 640 g/mol. The Morgan fingerprint density at radius 2 is 2.21 bits per heavy atom. The number of carbonyl (C=O) groups is 3. The SMILES string of the molecule is CNCCCn1cnc2c1ccc[n+]2CC1=C(C(=O)[O-])N2C(=O)[C@@H](NC(=O)/C(=N/OCF)c3nsc(N)n3)[C@H]2SC1.Cl. The number of aromatic nitrogens is 5. The topological polar surface area (TPSA) is 197 Å². The van der Waals surface area contributed by atoms with Gasteiger partial charge in [-0.15, -0.1) is 24.2 Å². The number of pyridine rings is 1. The molecule has 1 saturated heterocycles. The summed E-state index contributed by atoms with van der Waals surface area (Å²) in [5.74, 6) is -3.01. The number of halogens is 2. The number of nitrogens with zero attached hydrogens (tertiary/aromatic N) is 7. The largest absolute Gasteiger partial charge is 0.543 e. The number of thioether (sulfide) groups is 1. The van der Waals surface area contributed by atoms with Crippen LogP contribution in [0.25, 0.3) is 11.2 Å². The molecule has 0 saturated carbocycles. The molecule has 42 heavy (non-hydrogen) atoms. The number of oxime groups is 1. The summed E-state index contributed by atoms with van der Waals surface area (Å²) in [4.78, 5) is 52.1. The van der Waals surface area contributed by atoms with Crippen molar-refractivity contribution in [1.29, 1.82) is 0 Å². The van der Waals surface area contributed by atoms with E-state index < -0.39 is 41.8 Å². The van der Waals surface area contributed by atoms with Gasteiger partial charge in [-0.2, -0.15) is 9.36 Å². The Kier molecular flexibility index (Phi) is 9.92. The number of carboxylic acid groups (broad SMARTS) is 1. The molecule has 15 nitrogen and oxygen atoms in total. The van der Waals surface area contributed by atoms with Gasteiger partial charge >= 0.3 is 5.65 Å². The second kappa shape index (κ2) is 13.4. The van der Waals surface area contributed by atoms with E-state index in [-0.39, 0.29) is 41.4 Å². The average Bonchev–Trinajstić information content (AvgIpc) is 3.58. The summed E-state index contributed by atoms with van der Waals surface area (Å²) < 4.78 is 20.3. The molecule has 0 aromatic carbocycles. The predicted octanol–water partition coefficient (Wildman–Crippen LogP) is -1.46. The summed E-state index contributed by atoms with van der Waals surface area (Å²) in [6.45, 7) is 0.479. The van der Waals surface area contributed by atoms with Gasteiger partial charge < -0.3 is 35.7 Å². The van der Waals surface area contributed by atoms with E-state index in [9.17, 15) is 23.9 Å². The molecule has 2 atom stereocenters. The van der Waals surface area contributed by atoms with Crippen LogP contribution in [-0.4, -0.2) is 84.9 Å². The van der Waals surface area contributed by atoms with Crippen molar-refractivity contribution in [3.05, 3.63) is 41.8 Å². The molecule has 19 heteroatoms. The third-order valence-electron chi connectivity index (χ3n) is 6.44. The fraction of sp³-hybridized carbons (Fsp3) is 0.391. The fourth-order valence-corrected chi connectivity index (χ4v) is 6.40. The van der Waals surface area contributed by atoms with E-state index >= 15 is 0 Å². The van der Waals surface area contributed by atoms with Crippen LogP contribution in [0.1, 0.15) is 12.2 Å². The van der Waals surface area contributed by atoms with Crippen LogP contribution in [-0.2, 0) is 32.3 Å². The third kappa shape index (κ3) is 6.01. The maximum absolute atomic E-state index is 13.1. The van der Waals surface area contributed by atoms with Crippen molar-refractivity contribution in [2.75, 3.05) is 31.9 Å². The summed E-state index contributed by atoms with van der Waals surface area (Å²) in [6, 6.07) is 2.71. The van der Waals surface area contributed by atoms with Gasteiger partial charge in [-0.05, 0) is 37.1 Å². The van der Waals surface area contributed by atoms with Crippen molar-refractivity contribution >= 4 is 75.5 Å². The van der Waals surface area contributed by atoms with Gasteiger partial charge in [-0.1, -0.05) is 5.16 Å². The van der Waals surface area contributed by atoms with Gasteiger partial charge in [0.1, 0.15) is 23.5 Å². The first-order valence-electron chi connectivity index (χ1n) is 12.4. The van der Waals surface area contributed by atoms with Crippen LogP contribution in [0, 0.1) is 0 Å². The molecule has 0 unspecified atom stereocenters. The van der Waals surface area contributed by atoms with Gasteiger partial charge in [0.2, 0.25) is 17.9 Å². The lowest BCUT2D eigenvalue weighted by molar-refractivity contribution is -0.664. The fourth-order valence-electron chi connectivity index (χ4n) is 4.63. The zero-order valence-electron chi connectivity index (χ0n) is 22.1. The Labute approximate surface area is 252 Å². The van der Waals surface area contributed by atoms with E-state index in [1.807, 2.05) is 28.3 Å². The number of anilines is 1. The van der Waals surface area contributed by atoms with Crippen LogP contribution in [0.15, 0.2) is 41.1 Å². The molecule has 0 aliphatic carbocycles. The molecule has 0 bridgehead atoms. The van der Waals surface area contributed by atoms with Gasteiger partial charge in [-0.3, -0.25) is 14.5 Å². The molecule has 4 N–H and O–H groups in total. The summed E-state index contributed by atoms with van der Waals surface area (Å²) >= 11 is 2.07. The molecule has 2 aliphatic heterocycles. The van der Waals surface area contributed by atoms with E-state index in [4.69, 9.17) is 5.73 Å². The minimum atomic E-state index is -1.51. The highest BCUT2D eigenvalue weighted by Gasteiger charge is 2.53. The van der Waals surface area contributed by atoms with E-state index in [0.29, 0.717) is 11.2 Å². The summed E-state index contributed by atoms with van der Waals surface area (Å²) in [6.07, 6.45) is 4.45. The number of β-lactam (4-membered cyclic amide) rings is 1. The van der Waals surface area contributed by atoms with Crippen molar-refractivity contribution in [2.24, 2.45) is 5.16 Å². The van der Waals surface area contributed by atoms with E-state index in [0.717, 1.165) is 41.5 Å². The van der Waals surface area contributed by atoms with Crippen LogP contribution in [0.4, 0.5) is 9.52 Å². The lowest BCUT2D eigenvalue weighted by Crippen LogP contribution is -2.71. The molecule has 1 fully saturated rings. The molecule has 0 spiro atoms. The molecule has 3 aromatic heterocycles. The minimum Gasteiger partial charge on any atom is -0.543 e. The molecule has 5 rings (SSSR count). The van der Waals surface area contributed by atoms with Crippen molar-refractivity contribution in [1.82, 2.24) is 34.4 Å². The third-order valence-corrected chi connectivity index (χ3v) is 8.32. The number of amides is 2. The van der Waals surface area contributed by atoms with Gasteiger partial charge in [0.25, 0.3) is 18.7 Å². The Balaban J connectivity index is 0.00000405. The smallest absolute Gasteiger partial charge is 0.349 e. The van der Waals surface area contributed by atoms with E-state index in [1.54, 1.807) is 12.5 Å². The number of nitrogens with two attached hydrogens (primary N) is 1. The van der Waals surface area contributed by atoms with Crippen molar-refractivity contribution < 1.29 is 33.3 Å². The highest BCUT2D eigenvalue weighted by Crippen LogP contribution is 2.40. The van der Waals surface area contributed by atoms with Gasteiger partial charge in [0, 0.05) is 29.4 Å². The van der Waals surface area contributed by atoms with Crippen molar-refractivity contribution in [3.63, 3.8) is 0 Å². The van der Waals surface area contributed by atoms with Gasteiger partial charge in [-0.25, -0.2) is 8.96 Å². The van der Waals surface area contributed by atoms with Crippen LogP contribution < -0.4 is 26.0 Å². The van der Waals surface area contributed by atoms with Crippen molar-refractivity contribution in [2.45, 2.75) is 30.9 Å². The zero-order chi connectivity index (χ0) is 29.1. The highest BCUT2D eigenvalue weighted by molar-refractivity contribution is 8.00. The summed E-state index contributed by atoms with van der Waals surface area (Å²) in [5, 5.41) is 20.6. The Morgan fingerprint density at radius 1 is 1.40 bits per heavy atom. The zero-order valence-corrected chi connectivity index (χ0v) is 24.5. The molecular formula is C23H26ClFN10O5S2. The Bertz CT molecular complexity index is 1560. The number of aliphatic carboxylic acids is 1. The second-order valence-electron chi connectivity index (χ2n) is 8.97. The van der Waals surface area contributed by atoms with Crippen LogP contribution >= 0.6 is 35.7 Å². The van der Waals surface area contributed by atoms with E-state index in [2.05, 4.69) is 35.0 Å². The van der Waals surface area contributed by atoms with Crippen LogP contribution in [0.3, 0.4) is 0 Å². The maximum Gasteiger partial charge on any atom is 0.349 e. The number of nitrogen functional groups attached to an aromatic ring is 1. The summed E-state index contributed by atoms with van der Waals surface area (Å²) in [5.41, 5.74) is 6.88. The van der Waals surface area contributed by atoms with Crippen LogP contribution in [0.2, 0.25) is 0 Å². The normalized spacial score (nSPS) is 18.4.